The maximum Gasteiger partial charge on any atom is 0.267 e. The summed E-state index contributed by atoms with van der Waals surface area (Å²) in [7, 11) is 0. The third kappa shape index (κ3) is 4.22. The SMILES string of the molecule is CCCCCCCn1c(=O)c(C(=O)Nc2cccnc2)c(O)c2ccccc21. The van der Waals surface area contributed by atoms with Gasteiger partial charge in [-0.05, 0) is 30.7 Å². The van der Waals surface area contributed by atoms with Crippen molar-refractivity contribution in [2.45, 2.75) is 45.6 Å². The van der Waals surface area contributed by atoms with Crippen molar-refractivity contribution in [2.24, 2.45) is 0 Å². The predicted octanol–water partition coefficient (Wildman–Crippen LogP) is 4.32. The zero-order valence-electron chi connectivity index (χ0n) is 16.0. The number of pyridine rings is 2. The van der Waals surface area contributed by atoms with Crippen LogP contribution >= 0.6 is 0 Å². The maximum absolute atomic E-state index is 13.1. The number of hydrogen-bond acceptors (Lipinski definition) is 4. The van der Waals surface area contributed by atoms with Crippen LogP contribution in [0.15, 0.2) is 53.6 Å². The molecule has 0 bridgehead atoms. The molecule has 6 heteroatoms. The molecule has 0 spiro atoms. The molecule has 2 heterocycles. The second kappa shape index (κ2) is 9.17. The van der Waals surface area contributed by atoms with Gasteiger partial charge in [0, 0.05) is 18.1 Å². The lowest BCUT2D eigenvalue weighted by Crippen LogP contribution is -2.30. The number of nitrogens with zero attached hydrogens (tertiary/aromatic N) is 2. The van der Waals surface area contributed by atoms with E-state index in [0.717, 1.165) is 25.7 Å². The largest absolute Gasteiger partial charge is 0.506 e. The molecule has 2 N–H and O–H groups in total. The van der Waals surface area contributed by atoms with Crippen LogP contribution in [0, 0.1) is 0 Å². The van der Waals surface area contributed by atoms with Crippen LogP contribution < -0.4 is 10.9 Å². The molecule has 1 aromatic carbocycles. The fourth-order valence-corrected chi connectivity index (χ4v) is 3.32. The fourth-order valence-electron chi connectivity index (χ4n) is 3.32. The first-order chi connectivity index (χ1) is 13.6. The molecule has 0 fully saturated rings. The number of carbonyl (C=O) groups excluding carboxylic acids is 1. The molecule has 0 aliphatic carbocycles. The molecule has 0 unspecified atom stereocenters. The van der Waals surface area contributed by atoms with Crippen molar-refractivity contribution in [1.82, 2.24) is 9.55 Å². The van der Waals surface area contributed by atoms with Crippen molar-refractivity contribution in [3.8, 4) is 5.75 Å². The molecule has 0 saturated heterocycles. The Morgan fingerprint density at radius 1 is 1.11 bits per heavy atom. The number of fused-ring (bicyclic) bond motifs is 1. The van der Waals surface area contributed by atoms with E-state index < -0.39 is 11.5 Å². The zero-order chi connectivity index (χ0) is 19.9. The van der Waals surface area contributed by atoms with Crippen LogP contribution in [0.25, 0.3) is 10.9 Å². The van der Waals surface area contributed by atoms with Crippen LogP contribution in [0.2, 0.25) is 0 Å². The van der Waals surface area contributed by atoms with Gasteiger partial charge in [-0.1, -0.05) is 44.7 Å². The van der Waals surface area contributed by atoms with Gasteiger partial charge >= 0.3 is 0 Å². The Hall–Kier alpha value is -3.15. The summed E-state index contributed by atoms with van der Waals surface area (Å²) >= 11 is 0. The average Bonchev–Trinajstić information content (AvgIpc) is 2.71. The van der Waals surface area contributed by atoms with Gasteiger partial charge in [-0.15, -0.1) is 0 Å². The normalized spacial score (nSPS) is 10.9. The summed E-state index contributed by atoms with van der Waals surface area (Å²) in [6.07, 6.45) is 8.39. The molecule has 2 aromatic heterocycles. The first-order valence-electron chi connectivity index (χ1n) is 9.69. The van der Waals surface area contributed by atoms with Gasteiger partial charge in [0.1, 0.15) is 11.3 Å². The van der Waals surface area contributed by atoms with E-state index in [4.69, 9.17) is 0 Å². The lowest BCUT2D eigenvalue weighted by Gasteiger charge is -2.15. The van der Waals surface area contributed by atoms with Gasteiger partial charge in [0.2, 0.25) is 0 Å². The van der Waals surface area contributed by atoms with Gasteiger partial charge in [-0.2, -0.15) is 0 Å². The third-order valence-electron chi connectivity index (χ3n) is 4.78. The number of aromatic hydroxyl groups is 1. The molecule has 0 radical (unpaired) electrons. The van der Waals surface area contributed by atoms with E-state index >= 15 is 0 Å². The van der Waals surface area contributed by atoms with E-state index in [0.29, 0.717) is 23.1 Å². The second-order valence-corrected chi connectivity index (χ2v) is 6.81. The summed E-state index contributed by atoms with van der Waals surface area (Å²) in [5, 5.41) is 13.8. The first-order valence-corrected chi connectivity index (χ1v) is 9.69. The number of nitrogens with one attached hydrogen (secondary N) is 1. The summed E-state index contributed by atoms with van der Waals surface area (Å²) in [6.45, 7) is 2.67. The first kappa shape index (κ1) is 19.6. The minimum Gasteiger partial charge on any atom is -0.506 e. The molecule has 146 valence electrons. The number of benzene rings is 1. The van der Waals surface area contributed by atoms with Gasteiger partial charge in [0.25, 0.3) is 11.5 Å². The maximum atomic E-state index is 13.1. The molecule has 3 rings (SSSR count). The summed E-state index contributed by atoms with van der Waals surface area (Å²) in [4.78, 5) is 29.8. The van der Waals surface area contributed by atoms with E-state index in [9.17, 15) is 14.7 Å². The van der Waals surface area contributed by atoms with Crippen molar-refractivity contribution in [3.05, 3.63) is 64.7 Å². The molecule has 3 aromatic rings. The highest BCUT2D eigenvalue weighted by Crippen LogP contribution is 2.27. The lowest BCUT2D eigenvalue weighted by molar-refractivity contribution is 0.102. The number of para-hydroxylation sites is 1. The Morgan fingerprint density at radius 2 is 1.89 bits per heavy atom. The van der Waals surface area contributed by atoms with E-state index in [2.05, 4.69) is 17.2 Å². The molecule has 0 aliphatic rings. The van der Waals surface area contributed by atoms with E-state index in [-0.39, 0.29) is 11.3 Å². The summed E-state index contributed by atoms with van der Waals surface area (Å²) in [5.74, 6) is -0.926. The Labute approximate surface area is 163 Å². The average molecular weight is 379 g/mol. The summed E-state index contributed by atoms with van der Waals surface area (Å²) < 4.78 is 1.60. The number of anilines is 1. The third-order valence-corrected chi connectivity index (χ3v) is 4.78. The van der Waals surface area contributed by atoms with Crippen LogP contribution in [0.5, 0.6) is 5.75 Å². The van der Waals surface area contributed by atoms with Gasteiger partial charge in [-0.25, -0.2) is 0 Å². The molecular formula is C22H25N3O3. The second-order valence-electron chi connectivity index (χ2n) is 6.81. The molecular weight excluding hydrogens is 354 g/mol. The molecule has 0 aliphatic heterocycles. The highest BCUT2D eigenvalue weighted by Gasteiger charge is 2.22. The Bertz CT molecular complexity index is 1010. The van der Waals surface area contributed by atoms with Crippen molar-refractivity contribution in [1.29, 1.82) is 0 Å². The molecule has 28 heavy (non-hydrogen) atoms. The smallest absolute Gasteiger partial charge is 0.267 e. The van der Waals surface area contributed by atoms with Crippen LogP contribution in [0.1, 0.15) is 49.4 Å². The minimum atomic E-state index is -0.638. The fraction of sp³-hybridized carbons (Fsp3) is 0.318. The van der Waals surface area contributed by atoms with Crippen molar-refractivity contribution >= 4 is 22.5 Å². The number of aryl methyl sites for hydroxylation is 1. The van der Waals surface area contributed by atoms with Crippen LogP contribution in [0.4, 0.5) is 5.69 Å². The topological polar surface area (TPSA) is 84.2 Å². The number of carbonyl (C=O) groups is 1. The number of aromatic nitrogens is 2. The van der Waals surface area contributed by atoms with Crippen molar-refractivity contribution in [3.63, 3.8) is 0 Å². The molecule has 0 atom stereocenters. The zero-order valence-corrected chi connectivity index (χ0v) is 16.0. The lowest BCUT2D eigenvalue weighted by atomic mass is 10.1. The Balaban J connectivity index is 1.98. The summed E-state index contributed by atoms with van der Waals surface area (Å²) in [5.41, 5.74) is 0.383. The predicted molar refractivity (Wildman–Crippen MR) is 111 cm³/mol. The van der Waals surface area contributed by atoms with Crippen molar-refractivity contribution in [2.75, 3.05) is 5.32 Å². The quantitative estimate of drug-likeness (QED) is 0.571. The van der Waals surface area contributed by atoms with Crippen LogP contribution in [-0.4, -0.2) is 20.6 Å². The van der Waals surface area contributed by atoms with Gasteiger partial charge < -0.3 is 15.0 Å². The molecule has 6 nitrogen and oxygen atoms in total. The number of amides is 1. The van der Waals surface area contributed by atoms with E-state index in [1.807, 2.05) is 6.07 Å². The van der Waals surface area contributed by atoms with Crippen LogP contribution in [-0.2, 0) is 6.54 Å². The summed E-state index contributed by atoms with van der Waals surface area (Å²) in [6, 6.07) is 10.5. The van der Waals surface area contributed by atoms with Crippen LogP contribution in [0.3, 0.4) is 0 Å². The van der Waals surface area contributed by atoms with Crippen molar-refractivity contribution < 1.29 is 9.90 Å². The highest BCUT2D eigenvalue weighted by atomic mass is 16.3. The highest BCUT2D eigenvalue weighted by molar-refractivity contribution is 6.09. The monoisotopic (exact) mass is 379 g/mol. The number of rotatable bonds is 8. The molecule has 1 amide bonds. The number of unbranched alkanes of at least 4 members (excludes halogenated alkanes) is 4. The van der Waals surface area contributed by atoms with Gasteiger partial charge in [-0.3, -0.25) is 14.6 Å². The standard InChI is InChI=1S/C22H25N3O3/c1-2-3-4-5-8-14-25-18-12-7-6-11-17(18)20(26)19(22(25)28)21(27)24-16-10-9-13-23-15-16/h6-7,9-13,15,26H,2-5,8,14H2,1H3,(H,24,27). The van der Waals surface area contributed by atoms with Gasteiger partial charge in [0.05, 0.1) is 17.4 Å². The van der Waals surface area contributed by atoms with E-state index in [1.165, 1.54) is 12.6 Å². The van der Waals surface area contributed by atoms with Gasteiger partial charge in [0.15, 0.2) is 0 Å². The Morgan fingerprint density at radius 3 is 2.64 bits per heavy atom. The minimum absolute atomic E-state index is 0.240. The Kier molecular flexibility index (Phi) is 6.42. The molecule has 0 saturated carbocycles. The number of hydrogen-bond donors (Lipinski definition) is 2. The van der Waals surface area contributed by atoms with E-state index in [1.54, 1.807) is 41.1 Å².